The van der Waals surface area contributed by atoms with E-state index in [0.717, 1.165) is 25.1 Å². The molecule has 1 aromatic heterocycles. The summed E-state index contributed by atoms with van der Waals surface area (Å²) in [7, 11) is 0. The average Bonchev–Trinajstić information content (AvgIpc) is 2.81. The van der Waals surface area contributed by atoms with E-state index in [1.807, 2.05) is 12.1 Å². The monoisotopic (exact) mass is 205 g/mol. The second-order valence-corrected chi connectivity index (χ2v) is 3.77. The summed E-state index contributed by atoms with van der Waals surface area (Å²) in [6.07, 6.45) is 4.44. The SMILES string of the molecule is O=C(NCc1cccnc1)[C@H]1CCNC1. The lowest BCUT2D eigenvalue weighted by Crippen LogP contribution is -2.31. The molecule has 0 aromatic carbocycles. The first-order chi connectivity index (χ1) is 7.36. The maximum Gasteiger partial charge on any atom is 0.224 e. The van der Waals surface area contributed by atoms with Crippen molar-refractivity contribution in [1.82, 2.24) is 15.6 Å². The van der Waals surface area contributed by atoms with Gasteiger partial charge in [-0.05, 0) is 24.6 Å². The van der Waals surface area contributed by atoms with E-state index in [1.165, 1.54) is 0 Å². The van der Waals surface area contributed by atoms with Crippen LogP contribution < -0.4 is 10.6 Å². The first-order valence-electron chi connectivity index (χ1n) is 5.23. The molecule has 0 bridgehead atoms. The van der Waals surface area contributed by atoms with E-state index in [1.54, 1.807) is 12.4 Å². The van der Waals surface area contributed by atoms with Crippen LogP contribution in [0.15, 0.2) is 24.5 Å². The molecule has 1 aromatic rings. The first-order valence-corrected chi connectivity index (χ1v) is 5.23. The van der Waals surface area contributed by atoms with E-state index < -0.39 is 0 Å². The van der Waals surface area contributed by atoms with Crippen LogP contribution in [0, 0.1) is 5.92 Å². The van der Waals surface area contributed by atoms with Crippen molar-refractivity contribution in [2.24, 2.45) is 5.92 Å². The minimum atomic E-state index is 0.140. The summed E-state index contributed by atoms with van der Waals surface area (Å²) >= 11 is 0. The van der Waals surface area contributed by atoms with Crippen LogP contribution in [0.4, 0.5) is 0 Å². The Balaban J connectivity index is 1.80. The minimum absolute atomic E-state index is 0.140. The molecular weight excluding hydrogens is 190 g/mol. The fourth-order valence-corrected chi connectivity index (χ4v) is 1.71. The smallest absolute Gasteiger partial charge is 0.224 e. The van der Waals surface area contributed by atoms with Gasteiger partial charge in [-0.1, -0.05) is 6.07 Å². The van der Waals surface area contributed by atoms with Crippen molar-refractivity contribution < 1.29 is 4.79 Å². The van der Waals surface area contributed by atoms with Gasteiger partial charge in [-0.3, -0.25) is 9.78 Å². The van der Waals surface area contributed by atoms with Gasteiger partial charge in [0.15, 0.2) is 0 Å². The number of hydrogen-bond donors (Lipinski definition) is 2. The van der Waals surface area contributed by atoms with Gasteiger partial charge in [0, 0.05) is 25.5 Å². The molecule has 2 heterocycles. The normalized spacial score (nSPS) is 20.1. The van der Waals surface area contributed by atoms with Crippen molar-refractivity contribution in [2.45, 2.75) is 13.0 Å². The molecule has 1 aliphatic rings. The summed E-state index contributed by atoms with van der Waals surface area (Å²) < 4.78 is 0. The summed E-state index contributed by atoms with van der Waals surface area (Å²) in [5.41, 5.74) is 1.04. The zero-order chi connectivity index (χ0) is 10.5. The Kier molecular flexibility index (Phi) is 3.29. The second kappa shape index (κ2) is 4.89. The molecule has 4 nitrogen and oxygen atoms in total. The van der Waals surface area contributed by atoms with Crippen molar-refractivity contribution in [3.63, 3.8) is 0 Å². The van der Waals surface area contributed by atoms with Gasteiger partial charge in [-0.15, -0.1) is 0 Å². The molecule has 1 saturated heterocycles. The van der Waals surface area contributed by atoms with Crippen LogP contribution in [-0.2, 0) is 11.3 Å². The Morgan fingerprint density at radius 3 is 3.27 bits per heavy atom. The number of amides is 1. The molecule has 2 rings (SSSR count). The molecule has 0 radical (unpaired) electrons. The van der Waals surface area contributed by atoms with Gasteiger partial charge in [0.1, 0.15) is 0 Å². The number of hydrogen-bond acceptors (Lipinski definition) is 3. The molecule has 1 amide bonds. The van der Waals surface area contributed by atoms with Crippen LogP contribution in [0.25, 0.3) is 0 Å². The third-order valence-electron chi connectivity index (χ3n) is 2.62. The fourth-order valence-electron chi connectivity index (χ4n) is 1.71. The Hall–Kier alpha value is -1.42. The summed E-state index contributed by atoms with van der Waals surface area (Å²) in [6, 6.07) is 3.83. The van der Waals surface area contributed by atoms with Gasteiger partial charge in [0.25, 0.3) is 0 Å². The van der Waals surface area contributed by atoms with E-state index in [0.29, 0.717) is 6.54 Å². The van der Waals surface area contributed by atoms with Crippen LogP contribution in [-0.4, -0.2) is 24.0 Å². The number of rotatable bonds is 3. The van der Waals surface area contributed by atoms with E-state index in [4.69, 9.17) is 0 Å². The molecular formula is C11H15N3O. The summed E-state index contributed by atoms with van der Waals surface area (Å²) in [5.74, 6) is 0.283. The van der Waals surface area contributed by atoms with E-state index in [9.17, 15) is 4.79 Å². The van der Waals surface area contributed by atoms with E-state index >= 15 is 0 Å². The molecule has 80 valence electrons. The average molecular weight is 205 g/mol. The molecule has 0 spiro atoms. The van der Waals surface area contributed by atoms with Crippen LogP contribution in [0.3, 0.4) is 0 Å². The van der Waals surface area contributed by atoms with E-state index in [2.05, 4.69) is 15.6 Å². The maximum absolute atomic E-state index is 11.6. The summed E-state index contributed by atoms with van der Waals surface area (Å²) in [6.45, 7) is 2.33. The summed E-state index contributed by atoms with van der Waals surface area (Å²) in [4.78, 5) is 15.6. The number of nitrogens with one attached hydrogen (secondary N) is 2. The van der Waals surface area contributed by atoms with Crippen LogP contribution in [0.2, 0.25) is 0 Å². The Morgan fingerprint density at radius 1 is 1.67 bits per heavy atom. The lowest BCUT2D eigenvalue weighted by atomic mass is 10.1. The van der Waals surface area contributed by atoms with E-state index in [-0.39, 0.29) is 11.8 Å². The lowest BCUT2D eigenvalue weighted by Gasteiger charge is -2.09. The molecule has 0 unspecified atom stereocenters. The number of nitrogens with zero attached hydrogens (tertiary/aromatic N) is 1. The largest absolute Gasteiger partial charge is 0.352 e. The molecule has 0 saturated carbocycles. The van der Waals surface area contributed by atoms with Crippen molar-refractivity contribution in [1.29, 1.82) is 0 Å². The van der Waals surface area contributed by atoms with Gasteiger partial charge in [0.05, 0.1) is 5.92 Å². The van der Waals surface area contributed by atoms with Gasteiger partial charge in [-0.25, -0.2) is 0 Å². The third-order valence-corrected chi connectivity index (χ3v) is 2.62. The Morgan fingerprint density at radius 2 is 2.60 bits per heavy atom. The second-order valence-electron chi connectivity index (χ2n) is 3.77. The van der Waals surface area contributed by atoms with Crippen LogP contribution in [0.5, 0.6) is 0 Å². The quantitative estimate of drug-likeness (QED) is 0.746. The predicted octanol–water partition coefficient (Wildman–Crippen LogP) is 0.307. The zero-order valence-electron chi connectivity index (χ0n) is 8.57. The lowest BCUT2D eigenvalue weighted by molar-refractivity contribution is -0.124. The molecule has 15 heavy (non-hydrogen) atoms. The van der Waals surface area contributed by atoms with Gasteiger partial charge >= 0.3 is 0 Å². The van der Waals surface area contributed by atoms with Crippen LogP contribution in [0.1, 0.15) is 12.0 Å². The number of carbonyl (C=O) groups excluding carboxylic acids is 1. The minimum Gasteiger partial charge on any atom is -0.352 e. The highest BCUT2D eigenvalue weighted by Crippen LogP contribution is 2.07. The summed E-state index contributed by atoms with van der Waals surface area (Å²) in [5, 5.41) is 6.10. The third kappa shape index (κ3) is 2.76. The highest BCUT2D eigenvalue weighted by atomic mass is 16.1. The van der Waals surface area contributed by atoms with Crippen molar-refractivity contribution in [3.05, 3.63) is 30.1 Å². The highest BCUT2D eigenvalue weighted by molar-refractivity contribution is 5.79. The van der Waals surface area contributed by atoms with Gasteiger partial charge < -0.3 is 10.6 Å². The number of aromatic nitrogens is 1. The highest BCUT2D eigenvalue weighted by Gasteiger charge is 2.21. The Bertz CT molecular complexity index is 320. The molecule has 1 aliphatic heterocycles. The first kappa shape index (κ1) is 10.1. The molecule has 1 fully saturated rings. The van der Waals surface area contributed by atoms with Gasteiger partial charge in [0.2, 0.25) is 5.91 Å². The molecule has 2 N–H and O–H groups in total. The number of carbonyl (C=O) groups is 1. The van der Waals surface area contributed by atoms with Crippen LogP contribution >= 0.6 is 0 Å². The van der Waals surface area contributed by atoms with Crippen molar-refractivity contribution in [3.8, 4) is 0 Å². The molecule has 0 aliphatic carbocycles. The predicted molar refractivity (Wildman–Crippen MR) is 57.1 cm³/mol. The van der Waals surface area contributed by atoms with Crippen molar-refractivity contribution >= 4 is 5.91 Å². The zero-order valence-corrected chi connectivity index (χ0v) is 8.57. The maximum atomic E-state index is 11.6. The van der Waals surface area contributed by atoms with Crippen molar-refractivity contribution in [2.75, 3.05) is 13.1 Å². The topological polar surface area (TPSA) is 54.0 Å². The fraction of sp³-hybridized carbons (Fsp3) is 0.455. The van der Waals surface area contributed by atoms with Gasteiger partial charge in [-0.2, -0.15) is 0 Å². The standard InChI is InChI=1S/C11H15N3O/c15-11(10-3-5-13-8-10)14-7-9-2-1-4-12-6-9/h1-2,4,6,10,13H,3,5,7-8H2,(H,14,15)/t10-/m0/s1. The molecule has 4 heteroatoms. The molecule has 1 atom stereocenters. The Labute approximate surface area is 89.1 Å². The number of pyridine rings is 1.